The van der Waals surface area contributed by atoms with Crippen molar-refractivity contribution in [2.45, 2.75) is 13.3 Å². The summed E-state index contributed by atoms with van der Waals surface area (Å²) in [6.45, 7) is 2.71. The number of carbonyl (C=O) groups excluding carboxylic acids is 1. The number of anilines is 1. The molecule has 104 valence electrons. The Hall–Kier alpha value is -2.29. The van der Waals surface area contributed by atoms with Gasteiger partial charge in [0.2, 0.25) is 0 Å². The molecule has 2 aromatic carbocycles. The number of hydrogen-bond acceptors (Lipinski definition) is 2. The van der Waals surface area contributed by atoms with E-state index in [-0.39, 0.29) is 5.91 Å². The summed E-state index contributed by atoms with van der Waals surface area (Å²) in [6.07, 6.45) is 0.842. The summed E-state index contributed by atoms with van der Waals surface area (Å²) in [5, 5.41) is 5.99. The Labute approximate surface area is 120 Å². The highest BCUT2D eigenvalue weighted by Crippen LogP contribution is 2.13. The van der Waals surface area contributed by atoms with Gasteiger partial charge in [-0.2, -0.15) is 0 Å². The highest BCUT2D eigenvalue weighted by Gasteiger charge is 2.08. The molecule has 0 aromatic heterocycles. The Kier molecular flexibility index (Phi) is 4.77. The lowest BCUT2D eigenvalue weighted by Crippen LogP contribution is -2.26. The second kappa shape index (κ2) is 6.75. The molecule has 1 amide bonds. The minimum Gasteiger partial charge on any atom is -0.387 e. The number of para-hydroxylation sites is 1. The number of amides is 1. The van der Waals surface area contributed by atoms with E-state index < -0.39 is 0 Å². The van der Waals surface area contributed by atoms with Gasteiger partial charge >= 0.3 is 0 Å². The van der Waals surface area contributed by atoms with Crippen molar-refractivity contribution in [2.24, 2.45) is 0 Å². The second-order valence-corrected chi connectivity index (χ2v) is 4.79. The third-order valence-corrected chi connectivity index (χ3v) is 3.22. The van der Waals surface area contributed by atoms with E-state index in [4.69, 9.17) is 0 Å². The van der Waals surface area contributed by atoms with Crippen LogP contribution in [-0.4, -0.2) is 19.5 Å². The van der Waals surface area contributed by atoms with Gasteiger partial charge in [0, 0.05) is 19.3 Å². The third kappa shape index (κ3) is 3.60. The minimum atomic E-state index is -0.0393. The molecular weight excluding hydrogens is 248 g/mol. The summed E-state index contributed by atoms with van der Waals surface area (Å²) in [5.74, 6) is -0.0393. The molecule has 0 saturated heterocycles. The molecule has 0 radical (unpaired) electrons. The normalized spacial score (nSPS) is 10.1. The summed E-state index contributed by atoms with van der Waals surface area (Å²) < 4.78 is 0. The smallest absolute Gasteiger partial charge is 0.253 e. The Morgan fingerprint density at radius 2 is 1.90 bits per heavy atom. The van der Waals surface area contributed by atoms with Crippen LogP contribution in [0, 0.1) is 6.92 Å². The molecule has 2 rings (SSSR count). The van der Waals surface area contributed by atoms with E-state index in [1.54, 1.807) is 0 Å². The number of aryl methyl sites for hydroxylation is 1. The molecule has 3 nitrogen and oxygen atoms in total. The fraction of sp³-hybridized carbons (Fsp3) is 0.235. The van der Waals surface area contributed by atoms with E-state index in [2.05, 4.69) is 35.8 Å². The highest BCUT2D eigenvalue weighted by molar-refractivity contribution is 5.99. The van der Waals surface area contributed by atoms with E-state index in [0.29, 0.717) is 12.1 Å². The summed E-state index contributed by atoms with van der Waals surface area (Å²) >= 11 is 0. The molecule has 3 heteroatoms. The molecule has 0 heterocycles. The molecule has 0 aliphatic heterocycles. The fourth-order valence-corrected chi connectivity index (χ4v) is 2.18. The monoisotopic (exact) mass is 268 g/mol. The van der Waals surface area contributed by atoms with Crippen molar-refractivity contribution in [1.82, 2.24) is 5.32 Å². The van der Waals surface area contributed by atoms with Crippen LogP contribution in [0.1, 0.15) is 21.5 Å². The van der Waals surface area contributed by atoms with Crippen molar-refractivity contribution < 1.29 is 4.79 Å². The van der Waals surface area contributed by atoms with Gasteiger partial charge in [-0.05, 0) is 31.0 Å². The van der Waals surface area contributed by atoms with Gasteiger partial charge in [0.25, 0.3) is 5.91 Å². The number of hydrogen-bond donors (Lipinski definition) is 2. The minimum absolute atomic E-state index is 0.0393. The summed E-state index contributed by atoms with van der Waals surface area (Å²) in [7, 11) is 1.82. The Balaban J connectivity index is 1.92. The van der Waals surface area contributed by atoms with Gasteiger partial charge < -0.3 is 10.6 Å². The number of benzene rings is 2. The van der Waals surface area contributed by atoms with Crippen molar-refractivity contribution in [2.75, 3.05) is 18.9 Å². The van der Waals surface area contributed by atoms with Crippen LogP contribution in [0.15, 0.2) is 48.5 Å². The molecule has 2 aromatic rings. The van der Waals surface area contributed by atoms with E-state index in [0.717, 1.165) is 12.1 Å². The van der Waals surface area contributed by atoms with Gasteiger partial charge in [0.15, 0.2) is 0 Å². The van der Waals surface area contributed by atoms with Gasteiger partial charge in [-0.15, -0.1) is 0 Å². The Bertz CT molecular complexity index is 593. The van der Waals surface area contributed by atoms with Crippen molar-refractivity contribution in [3.8, 4) is 0 Å². The molecule has 20 heavy (non-hydrogen) atoms. The summed E-state index contributed by atoms with van der Waals surface area (Å²) in [4.78, 5) is 12.1. The third-order valence-electron chi connectivity index (χ3n) is 3.22. The molecule has 0 atom stereocenters. The zero-order chi connectivity index (χ0) is 14.4. The maximum Gasteiger partial charge on any atom is 0.253 e. The van der Waals surface area contributed by atoms with Crippen LogP contribution in [0.2, 0.25) is 0 Å². The predicted octanol–water partition coefficient (Wildman–Crippen LogP) is 3.01. The van der Waals surface area contributed by atoms with E-state index in [9.17, 15) is 4.79 Å². The van der Waals surface area contributed by atoms with Crippen molar-refractivity contribution >= 4 is 11.6 Å². The van der Waals surface area contributed by atoms with E-state index in [1.807, 2.05) is 37.4 Å². The zero-order valence-corrected chi connectivity index (χ0v) is 11.9. The maximum atomic E-state index is 12.1. The van der Waals surface area contributed by atoms with Crippen LogP contribution >= 0.6 is 0 Å². The van der Waals surface area contributed by atoms with Crippen LogP contribution in [0.4, 0.5) is 5.69 Å². The average molecular weight is 268 g/mol. The second-order valence-electron chi connectivity index (χ2n) is 4.79. The lowest BCUT2D eigenvalue weighted by Gasteiger charge is -2.09. The summed E-state index contributed by atoms with van der Waals surface area (Å²) in [6, 6.07) is 15.9. The van der Waals surface area contributed by atoms with Crippen molar-refractivity contribution in [1.29, 1.82) is 0 Å². The van der Waals surface area contributed by atoms with Crippen LogP contribution in [-0.2, 0) is 6.42 Å². The quantitative estimate of drug-likeness (QED) is 0.875. The van der Waals surface area contributed by atoms with Gasteiger partial charge in [-0.1, -0.05) is 42.0 Å². The Morgan fingerprint density at radius 1 is 1.10 bits per heavy atom. The molecule has 2 N–H and O–H groups in total. The van der Waals surface area contributed by atoms with Crippen LogP contribution in [0.3, 0.4) is 0 Å². The van der Waals surface area contributed by atoms with Crippen LogP contribution in [0.5, 0.6) is 0 Å². The number of nitrogens with one attached hydrogen (secondary N) is 2. The first-order valence-corrected chi connectivity index (χ1v) is 6.81. The summed E-state index contributed by atoms with van der Waals surface area (Å²) in [5.41, 5.74) is 4.02. The maximum absolute atomic E-state index is 12.1. The molecule has 0 aliphatic carbocycles. The van der Waals surface area contributed by atoms with Gasteiger partial charge in [0.1, 0.15) is 0 Å². The van der Waals surface area contributed by atoms with E-state index in [1.165, 1.54) is 11.1 Å². The molecule has 0 spiro atoms. The van der Waals surface area contributed by atoms with Gasteiger partial charge in [-0.3, -0.25) is 4.79 Å². The van der Waals surface area contributed by atoms with Crippen LogP contribution in [0.25, 0.3) is 0 Å². The molecular formula is C17H20N2O. The van der Waals surface area contributed by atoms with Gasteiger partial charge in [-0.25, -0.2) is 0 Å². The number of carbonyl (C=O) groups is 1. The lowest BCUT2D eigenvalue weighted by atomic mass is 10.1. The Morgan fingerprint density at radius 3 is 2.65 bits per heavy atom. The highest BCUT2D eigenvalue weighted by atomic mass is 16.1. The topological polar surface area (TPSA) is 41.1 Å². The first kappa shape index (κ1) is 14.1. The lowest BCUT2D eigenvalue weighted by molar-refractivity contribution is 0.0955. The molecule has 0 saturated carbocycles. The predicted molar refractivity (Wildman–Crippen MR) is 83.2 cm³/mol. The molecule has 0 aliphatic rings. The van der Waals surface area contributed by atoms with Crippen molar-refractivity contribution in [3.63, 3.8) is 0 Å². The van der Waals surface area contributed by atoms with Crippen LogP contribution < -0.4 is 10.6 Å². The SMILES string of the molecule is CNc1ccccc1C(=O)NCCc1cccc(C)c1. The first-order chi connectivity index (χ1) is 9.70. The molecule has 0 fully saturated rings. The standard InChI is InChI=1S/C17H20N2O/c1-13-6-5-7-14(12-13)10-11-19-17(20)15-8-3-4-9-16(15)18-2/h3-9,12,18H,10-11H2,1-2H3,(H,19,20). The number of rotatable bonds is 5. The molecule has 0 unspecified atom stereocenters. The average Bonchev–Trinajstić information content (AvgIpc) is 2.47. The largest absolute Gasteiger partial charge is 0.387 e. The fourth-order valence-electron chi connectivity index (χ4n) is 2.18. The first-order valence-electron chi connectivity index (χ1n) is 6.81. The van der Waals surface area contributed by atoms with Crippen molar-refractivity contribution in [3.05, 3.63) is 65.2 Å². The zero-order valence-electron chi connectivity index (χ0n) is 11.9. The van der Waals surface area contributed by atoms with Gasteiger partial charge in [0.05, 0.1) is 5.56 Å². The molecule has 0 bridgehead atoms. The van der Waals surface area contributed by atoms with E-state index >= 15 is 0 Å².